The molecule has 0 radical (unpaired) electrons. The maximum Gasteiger partial charge on any atom is 0.310 e. The summed E-state index contributed by atoms with van der Waals surface area (Å²) in [6, 6.07) is 0. The fourth-order valence-corrected chi connectivity index (χ4v) is 2.62. The Hall–Kier alpha value is -1.36. The van der Waals surface area contributed by atoms with Crippen molar-refractivity contribution in [1.29, 1.82) is 0 Å². The fourth-order valence-electron chi connectivity index (χ4n) is 2.62. The molecule has 4 atom stereocenters. The van der Waals surface area contributed by atoms with Crippen LogP contribution in [0.5, 0.6) is 0 Å². The van der Waals surface area contributed by atoms with Crippen molar-refractivity contribution in [2.24, 2.45) is 11.8 Å². The van der Waals surface area contributed by atoms with Crippen LogP contribution in [0.4, 0.5) is 0 Å². The number of aliphatic carboxylic acids is 1. The molecule has 0 spiro atoms. The van der Waals surface area contributed by atoms with Crippen LogP contribution in [-0.4, -0.2) is 35.7 Å². The van der Waals surface area contributed by atoms with Gasteiger partial charge in [-0.2, -0.15) is 0 Å². The summed E-state index contributed by atoms with van der Waals surface area (Å²) < 4.78 is 5.45. The van der Waals surface area contributed by atoms with E-state index in [-0.39, 0.29) is 12.0 Å². The molecule has 0 aromatic heterocycles. The van der Waals surface area contributed by atoms with E-state index in [9.17, 15) is 14.7 Å². The highest BCUT2D eigenvalue weighted by molar-refractivity contribution is 5.87. The standard InChI is InChI=1S/C13H19NO4/c1-2-3-4-7-14-12(15)10-8-5-6-9(18-8)11(10)13(16)17/h5-6,8-11H,2-4,7H2,1H3,(H,14,15)(H,16,17). The van der Waals surface area contributed by atoms with Crippen LogP contribution in [0.2, 0.25) is 0 Å². The molecule has 2 heterocycles. The number of unbranched alkanes of at least 4 members (excludes halogenated alkanes) is 2. The van der Waals surface area contributed by atoms with Crippen LogP contribution in [0.3, 0.4) is 0 Å². The predicted octanol–water partition coefficient (Wildman–Crippen LogP) is 0.947. The molecule has 4 unspecified atom stereocenters. The van der Waals surface area contributed by atoms with E-state index in [2.05, 4.69) is 12.2 Å². The van der Waals surface area contributed by atoms with Gasteiger partial charge in [-0.15, -0.1) is 0 Å². The molecule has 18 heavy (non-hydrogen) atoms. The lowest BCUT2D eigenvalue weighted by Crippen LogP contribution is -2.42. The van der Waals surface area contributed by atoms with Gasteiger partial charge in [0.2, 0.25) is 5.91 Å². The van der Waals surface area contributed by atoms with Gasteiger partial charge in [-0.3, -0.25) is 9.59 Å². The number of fused-ring (bicyclic) bond motifs is 2. The van der Waals surface area contributed by atoms with Crippen LogP contribution in [0.1, 0.15) is 26.2 Å². The number of hydrogen-bond acceptors (Lipinski definition) is 3. The Kier molecular flexibility index (Phi) is 4.01. The topological polar surface area (TPSA) is 75.6 Å². The molecule has 0 saturated carbocycles. The zero-order valence-electron chi connectivity index (χ0n) is 10.5. The van der Waals surface area contributed by atoms with Crippen LogP contribution in [-0.2, 0) is 14.3 Å². The molecule has 0 aromatic rings. The average molecular weight is 253 g/mol. The lowest BCUT2D eigenvalue weighted by atomic mass is 9.82. The molecule has 2 bridgehead atoms. The Morgan fingerprint density at radius 3 is 2.50 bits per heavy atom. The summed E-state index contributed by atoms with van der Waals surface area (Å²) in [4.78, 5) is 23.2. The van der Waals surface area contributed by atoms with Crippen LogP contribution < -0.4 is 5.32 Å². The molecule has 1 amide bonds. The first-order valence-electron chi connectivity index (χ1n) is 6.49. The van der Waals surface area contributed by atoms with Gasteiger partial charge in [-0.1, -0.05) is 31.9 Å². The molecule has 1 fully saturated rings. The predicted molar refractivity (Wildman–Crippen MR) is 65.0 cm³/mol. The number of carboxylic acid groups (broad SMARTS) is 1. The Labute approximate surface area is 106 Å². The smallest absolute Gasteiger partial charge is 0.310 e. The minimum absolute atomic E-state index is 0.199. The van der Waals surface area contributed by atoms with Crippen molar-refractivity contribution in [2.75, 3.05) is 6.54 Å². The Morgan fingerprint density at radius 1 is 1.22 bits per heavy atom. The molecular weight excluding hydrogens is 234 g/mol. The molecule has 2 aliphatic rings. The second-order valence-electron chi connectivity index (χ2n) is 4.84. The minimum Gasteiger partial charge on any atom is -0.481 e. The normalized spacial score (nSPS) is 32.7. The quantitative estimate of drug-likeness (QED) is 0.546. The van der Waals surface area contributed by atoms with E-state index < -0.39 is 23.9 Å². The number of rotatable bonds is 6. The van der Waals surface area contributed by atoms with Gasteiger partial charge >= 0.3 is 5.97 Å². The van der Waals surface area contributed by atoms with Crippen molar-refractivity contribution in [1.82, 2.24) is 5.32 Å². The van der Waals surface area contributed by atoms with Crippen LogP contribution in [0.15, 0.2) is 12.2 Å². The van der Waals surface area contributed by atoms with E-state index in [1.54, 1.807) is 12.2 Å². The lowest BCUT2D eigenvalue weighted by molar-refractivity contribution is -0.146. The van der Waals surface area contributed by atoms with Crippen molar-refractivity contribution in [2.45, 2.75) is 38.4 Å². The number of amides is 1. The summed E-state index contributed by atoms with van der Waals surface area (Å²) in [6.07, 6.45) is 5.80. The van der Waals surface area contributed by atoms with Gasteiger partial charge in [0.15, 0.2) is 0 Å². The van der Waals surface area contributed by atoms with E-state index in [1.165, 1.54) is 0 Å². The first-order chi connectivity index (χ1) is 8.65. The van der Waals surface area contributed by atoms with Crippen molar-refractivity contribution in [3.63, 3.8) is 0 Å². The highest BCUT2D eigenvalue weighted by Crippen LogP contribution is 2.39. The van der Waals surface area contributed by atoms with Crippen LogP contribution in [0, 0.1) is 11.8 Å². The maximum absolute atomic E-state index is 12.0. The number of nitrogens with one attached hydrogen (secondary N) is 1. The number of carbonyl (C=O) groups excluding carboxylic acids is 1. The van der Waals surface area contributed by atoms with Crippen molar-refractivity contribution >= 4 is 11.9 Å². The second kappa shape index (κ2) is 5.52. The Morgan fingerprint density at radius 2 is 1.89 bits per heavy atom. The van der Waals surface area contributed by atoms with Crippen molar-refractivity contribution in [3.05, 3.63) is 12.2 Å². The summed E-state index contributed by atoms with van der Waals surface area (Å²) in [6.45, 7) is 2.70. The second-order valence-corrected chi connectivity index (χ2v) is 4.84. The van der Waals surface area contributed by atoms with Gasteiger partial charge in [-0.25, -0.2) is 0 Å². The van der Waals surface area contributed by atoms with Gasteiger partial charge in [0.05, 0.1) is 18.1 Å². The zero-order valence-corrected chi connectivity index (χ0v) is 10.5. The minimum atomic E-state index is -0.958. The first kappa shape index (κ1) is 13.1. The molecule has 100 valence electrons. The third-order valence-corrected chi connectivity index (χ3v) is 3.57. The fraction of sp³-hybridized carbons (Fsp3) is 0.692. The summed E-state index contributed by atoms with van der Waals surface area (Å²) in [5.74, 6) is -2.48. The van der Waals surface area contributed by atoms with Crippen LogP contribution in [0.25, 0.3) is 0 Å². The lowest BCUT2D eigenvalue weighted by Gasteiger charge is -2.20. The first-order valence-corrected chi connectivity index (χ1v) is 6.49. The third-order valence-electron chi connectivity index (χ3n) is 3.57. The molecular formula is C13H19NO4. The molecule has 5 nitrogen and oxygen atoms in total. The largest absolute Gasteiger partial charge is 0.481 e. The summed E-state index contributed by atoms with van der Waals surface area (Å²) >= 11 is 0. The maximum atomic E-state index is 12.0. The number of ether oxygens (including phenoxy) is 1. The Balaban J connectivity index is 1.92. The molecule has 1 saturated heterocycles. The monoisotopic (exact) mass is 253 g/mol. The highest BCUT2D eigenvalue weighted by atomic mass is 16.5. The highest BCUT2D eigenvalue weighted by Gasteiger charge is 2.52. The number of carboxylic acids is 1. The van der Waals surface area contributed by atoms with Crippen LogP contribution >= 0.6 is 0 Å². The van der Waals surface area contributed by atoms with Gasteiger partial charge in [-0.05, 0) is 6.42 Å². The molecule has 0 aliphatic carbocycles. The van der Waals surface area contributed by atoms with E-state index in [0.717, 1.165) is 19.3 Å². The third kappa shape index (κ3) is 2.41. The van der Waals surface area contributed by atoms with E-state index >= 15 is 0 Å². The molecule has 2 aliphatic heterocycles. The summed E-state index contributed by atoms with van der Waals surface area (Å²) in [5, 5.41) is 12.0. The van der Waals surface area contributed by atoms with Gasteiger partial charge in [0.25, 0.3) is 0 Å². The Bertz CT molecular complexity index is 366. The number of carbonyl (C=O) groups is 2. The van der Waals surface area contributed by atoms with E-state index in [4.69, 9.17) is 4.74 Å². The molecule has 2 rings (SSSR count). The molecule has 0 aromatic carbocycles. The van der Waals surface area contributed by atoms with Gasteiger partial charge in [0.1, 0.15) is 5.92 Å². The summed E-state index contributed by atoms with van der Waals surface area (Å²) in [7, 11) is 0. The van der Waals surface area contributed by atoms with Gasteiger partial charge in [0, 0.05) is 6.54 Å². The van der Waals surface area contributed by atoms with E-state index in [1.807, 2.05) is 0 Å². The number of hydrogen-bond donors (Lipinski definition) is 2. The van der Waals surface area contributed by atoms with E-state index in [0.29, 0.717) is 6.54 Å². The van der Waals surface area contributed by atoms with Gasteiger partial charge < -0.3 is 15.2 Å². The summed E-state index contributed by atoms with van der Waals surface area (Å²) in [5.41, 5.74) is 0. The van der Waals surface area contributed by atoms with Crippen molar-refractivity contribution in [3.8, 4) is 0 Å². The van der Waals surface area contributed by atoms with Crippen molar-refractivity contribution < 1.29 is 19.4 Å². The zero-order chi connectivity index (χ0) is 13.1. The SMILES string of the molecule is CCCCCNC(=O)C1C2C=CC(O2)C1C(=O)O. The molecule has 2 N–H and O–H groups in total. The molecule has 5 heteroatoms. The average Bonchev–Trinajstić information content (AvgIpc) is 2.94.